The molecule has 11 nitrogen and oxygen atoms in total. The number of aromatic nitrogens is 1. The van der Waals surface area contributed by atoms with Crippen molar-refractivity contribution in [3.8, 4) is 5.75 Å². The van der Waals surface area contributed by atoms with Crippen molar-refractivity contribution in [1.29, 1.82) is 0 Å². The van der Waals surface area contributed by atoms with Gasteiger partial charge in [0.15, 0.2) is 10.8 Å². The molecule has 2 heterocycles. The van der Waals surface area contributed by atoms with E-state index in [1.165, 1.54) is 12.5 Å². The number of ether oxygens (including phenoxy) is 3. The molecule has 188 valence electrons. The van der Waals surface area contributed by atoms with Gasteiger partial charge < -0.3 is 24.8 Å². The molecule has 2 N–H and O–H groups in total. The van der Waals surface area contributed by atoms with Gasteiger partial charge in [0.2, 0.25) is 5.91 Å². The predicted molar refractivity (Wildman–Crippen MR) is 127 cm³/mol. The number of esters is 1. The van der Waals surface area contributed by atoms with Crippen LogP contribution in [0.15, 0.2) is 29.6 Å². The first-order valence-electron chi connectivity index (χ1n) is 11.0. The first kappa shape index (κ1) is 26.1. The summed E-state index contributed by atoms with van der Waals surface area (Å²) in [5.41, 5.74) is 0.619. The normalized spacial score (nSPS) is 17.0. The van der Waals surface area contributed by atoms with Gasteiger partial charge in [-0.05, 0) is 23.6 Å². The summed E-state index contributed by atoms with van der Waals surface area (Å²) in [5.74, 6) is -1.47. The van der Waals surface area contributed by atoms with Crippen LogP contribution in [-0.2, 0) is 19.1 Å². The molecule has 0 unspecified atom stereocenters. The highest BCUT2D eigenvalue weighted by Crippen LogP contribution is 2.29. The molecule has 12 heteroatoms. The van der Waals surface area contributed by atoms with Crippen LogP contribution in [-0.4, -0.2) is 67.2 Å². The highest BCUT2D eigenvalue weighted by Gasteiger charge is 2.47. The van der Waals surface area contributed by atoms with Crippen molar-refractivity contribution in [2.45, 2.75) is 32.4 Å². The van der Waals surface area contributed by atoms with E-state index in [9.17, 15) is 19.2 Å². The van der Waals surface area contributed by atoms with Crippen molar-refractivity contribution in [3.05, 3.63) is 40.9 Å². The van der Waals surface area contributed by atoms with Crippen molar-refractivity contribution in [1.82, 2.24) is 15.2 Å². The summed E-state index contributed by atoms with van der Waals surface area (Å²) in [7, 11) is 2.81. The van der Waals surface area contributed by atoms with E-state index in [4.69, 9.17) is 9.47 Å². The van der Waals surface area contributed by atoms with Crippen molar-refractivity contribution >= 4 is 40.3 Å². The topological polar surface area (TPSA) is 136 Å². The minimum atomic E-state index is -1.07. The number of benzene rings is 1. The van der Waals surface area contributed by atoms with E-state index in [0.29, 0.717) is 30.9 Å². The van der Waals surface area contributed by atoms with Gasteiger partial charge in [-0.3, -0.25) is 9.59 Å². The van der Waals surface area contributed by atoms with Gasteiger partial charge in [0.1, 0.15) is 24.4 Å². The molecular formula is C23H28N4O7S. The average Bonchev–Trinajstić information content (AvgIpc) is 3.44. The van der Waals surface area contributed by atoms with Crippen LogP contribution < -0.4 is 15.4 Å². The smallest absolute Gasteiger partial charge is 0.357 e. The molecule has 1 aliphatic rings. The lowest BCUT2D eigenvalue weighted by atomic mass is 9.96. The molecule has 0 saturated carbocycles. The van der Waals surface area contributed by atoms with Crippen LogP contribution in [0.25, 0.3) is 0 Å². The standard InChI is InChI=1S/C23H28N4O7S/c1-5-13(2)18(19(28)26-22-24-16(12-35-22)21(30)33-4)27-20(29)17(25-23(27)31)14-6-8-15(9-7-14)34-11-10-32-3/h6-9,12-13,17-18H,5,10-11H2,1-4H3,(H,25,31)(H,24,26,28)/t13-,17-,18+/m1/s1. The third-order valence-corrected chi connectivity index (χ3v) is 6.36. The summed E-state index contributed by atoms with van der Waals surface area (Å²) in [6, 6.07) is 4.13. The minimum absolute atomic E-state index is 0.0533. The number of hydrogen-bond donors (Lipinski definition) is 2. The van der Waals surface area contributed by atoms with Crippen molar-refractivity contribution in [3.63, 3.8) is 0 Å². The quantitative estimate of drug-likeness (QED) is 0.271. The molecule has 1 aromatic carbocycles. The van der Waals surface area contributed by atoms with E-state index < -0.39 is 35.9 Å². The molecule has 35 heavy (non-hydrogen) atoms. The van der Waals surface area contributed by atoms with Crippen LogP contribution in [0.1, 0.15) is 42.4 Å². The third kappa shape index (κ3) is 5.95. The predicted octanol–water partition coefficient (Wildman–Crippen LogP) is 2.60. The molecule has 0 aliphatic carbocycles. The number of urea groups is 1. The van der Waals surface area contributed by atoms with Gasteiger partial charge in [0.05, 0.1) is 13.7 Å². The van der Waals surface area contributed by atoms with Gasteiger partial charge >= 0.3 is 12.0 Å². The first-order chi connectivity index (χ1) is 16.8. The van der Waals surface area contributed by atoms with Crippen LogP contribution in [0.4, 0.5) is 9.93 Å². The zero-order chi connectivity index (χ0) is 25.5. The Hall–Kier alpha value is -3.51. The Morgan fingerprint density at radius 2 is 1.91 bits per heavy atom. The van der Waals surface area contributed by atoms with Crippen LogP contribution in [0, 0.1) is 5.92 Å². The van der Waals surface area contributed by atoms with E-state index in [0.717, 1.165) is 16.2 Å². The lowest BCUT2D eigenvalue weighted by molar-refractivity contribution is -0.135. The summed E-state index contributed by atoms with van der Waals surface area (Å²) in [5, 5.41) is 6.90. The molecule has 0 spiro atoms. The number of hydrogen-bond acceptors (Lipinski definition) is 9. The van der Waals surface area contributed by atoms with Gasteiger partial charge in [0.25, 0.3) is 5.91 Å². The molecule has 4 amide bonds. The van der Waals surface area contributed by atoms with Gasteiger partial charge in [-0.2, -0.15) is 0 Å². The fourth-order valence-electron chi connectivity index (χ4n) is 3.54. The number of nitrogens with zero attached hydrogens (tertiary/aromatic N) is 2. The van der Waals surface area contributed by atoms with Gasteiger partial charge in [0, 0.05) is 12.5 Å². The Kier molecular flexibility index (Phi) is 8.77. The number of carbonyl (C=O) groups excluding carboxylic acids is 4. The zero-order valence-corrected chi connectivity index (χ0v) is 20.7. The van der Waals surface area contributed by atoms with E-state index >= 15 is 0 Å². The summed E-state index contributed by atoms with van der Waals surface area (Å²) < 4.78 is 15.1. The summed E-state index contributed by atoms with van der Waals surface area (Å²) >= 11 is 1.04. The summed E-state index contributed by atoms with van der Waals surface area (Å²) in [6.07, 6.45) is 0.540. The monoisotopic (exact) mass is 504 g/mol. The number of anilines is 1. The van der Waals surface area contributed by atoms with Crippen molar-refractivity contribution in [2.75, 3.05) is 32.8 Å². The van der Waals surface area contributed by atoms with Gasteiger partial charge in [-0.25, -0.2) is 19.5 Å². The van der Waals surface area contributed by atoms with Crippen molar-refractivity contribution < 1.29 is 33.4 Å². The number of carbonyl (C=O) groups is 4. The Morgan fingerprint density at radius 1 is 1.20 bits per heavy atom. The third-order valence-electron chi connectivity index (χ3n) is 5.60. The Bertz CT molecular complexity index is 1070. The molecule has 1 aliphatic heterocycles. The molecule has 1 saturated heterocycles. The van der Waals surface area contributed by atoms with E-state index in [1.54, 1.807) is 38.3 Å². The number of nitrogens with one attached hydrogen (secondary N) is 2. The summed E-state index contributed by atoms with van der Waals surface area (Å²) in [6.45, 7) is 4.47. The van der Waals surface area contributed by atoms with E-state index in [1.807, 2.05) is 6.92 Å². The minimum Gasteiger partial charge on any atom is -0.491 e. The lowest BCUT2D eigenvalue weighted by Gasteiger charge is -2.28. The van der Waals surface area contributed by atoms with Crippen LogP contribution in [0.2, 0.25) is 0 Å². The molecule has 2 aromatic rings. The molecular weight excluding hydrogens is 476 g/mol. The maximum Gasteiger partial charge on any atom is 0.357 e. The molecule has 0 radical (unpaired) electrons. The lowest BCUT2D eigenvalue weighted by Crippen LogP contribution is -2.51. The van der Waals surface area contributed by atoms with Gasteiger partial charge in [-0.15, -0.1) is 11.3 Å². The van der Waals surface area contributed by atoms with Crippen molar-refractivity contribution in [2.24, 2.45) is 5.92 Å². The fourth-order valence-corrected chi connectivity index (χ4v) is 4.23. The number of imide groups is 1. The molecule has 1 aromatic heterocycles. The maximum atomic E-state index is 13.3. The Labute approximate surface area is 206 Å². The average molecular weight is 505 g/mol. The molecule has 1 fully saturated rings. The molecule has 3 rings (SSSR count). The van der Waals surface area contributed by atoms with Crippen LogP contribution in [0.3, 0.4) is 0 Å². The number of amides is 4. The van der Waals surface area contributed by atoms with E-state index in [2.05, 4.69) is 20.4 Å². The highest BCUT2D eigenvalue weighted by atomic mass is 32.1. The van der Waals surface area contributed by atoms with E-state index in [-0.39, 0.29) is 16.7 Å². The molecule has 0 bridgehead atoms. The number of rotatable bonds is 11. The second kappa shape index (κ2) is 11.8. The Balaban J connectivity index is 1.77. The second-order valence-corrected chi connectivity index (χ2v) is 8.71. The molecule has 3 atom stereocenters. The Morgan fingerprint density at radius 3 is 2.54 bits per heavy atom. The van der Waals surface area contributed by atoms with Gasteiger partial charge in [-0.1, -0.05) is 32.4 Å². The number of thiazole rings is 1. The first-order valence-corrected chi connectivity index (χ1v) is 11.9. The summed E-state index contributed by atoms with van der Waals surface area (Å²) in [4.78, 5) is 56.0. The second-order valence-electron chi connectivity index (χ2n) is 7.85. The SMILES string of the molecule is CC[C@@H](C)[C@@H](C(=O)Nc1nc(C(=O)OC)cs1)N1C(=O)N[C@H](c2ccc(OCCOC)cc2)C1=O. The highest BCUT2D eigenvalue weighted by molar-refractivity contribution is 7.14. The largest absolute Gasteiger partial charge is 0.491 e. The van der Waals surface area contributed by atoms with Crippen LogP contribution in [0.5, 0.6) is 5.75 Å². The zero-order valence-electron chi connectivity index (χ0n) is 19.9. The maximum absolute atomic E-state index is 13.3. The van der Waals surface area contributed by atoms with Crippen LogP contribution >= 0.6 is 11.3 Å². The number of methoxy groups -OCH3 is 2. The fraction of sp³-hybridized carbons (Fsp3) is 0.435.